The molecule has 0 amide bonds. The standard InChI is InChI=1S/C9H21NOS/c1-3-9(11)8-10-6-5-7-12-4-2/h9-11H,3-8H2,1-2H3. The highest BCUT2D eigenvalue weighted by atomic mass is 32.2. The van der Waals surface area contributed by atoms with Gasteiger partial charge in [0, 0.05) is 6.54 Å². The predicted molar refractivity (Wildman–Crippen MR) is 56.8 cm³/mol. The minimum absolute atomic E-state index is 0.163. The van der Waals surface area contributed by atoms with Crippen molar-refractivity contribution in [3.05, 3.63) is 0 Å². The molecule has 0 saturated carbocycles. The molecule has 0 aliphatic heterocycles. The second-order valence-electron chi connectivity index (χ2n) is 2.82. The van der Waals surface area contributed by atoms with E-state index in [0.717, 1.165) is 19.5 Å². The first-order chi connectivity index (χ1) is 5.81. The molecule has 0 aromatic rings. The highest BCUT2D eigenvalue weighted by molar-refractivity contribution is 7.99. The Morgan fingerprint density at radius 1 is 1.42 bits per heavy atom. The molecule has 2 N–H and O–H groups in total. The van der Waals surface area contributed by atoms with Crippen molar-refractivity contribution < 1.29 is 5.11 Å². The molecule has 3 heteroatoms. The summed E-state index contributed by atoms with van der Waals surface area (Å²) in [4.78, 5) is 0. The monoisotopic (exact) mass is 191 g/mol. The first-order valence-electron chi connectivity index (χ1n) is 4.77. The van der Waals surface area contributed by atoms with Crippen LogP contribution in [0.5, 0.6) is 0 Å². The van der Waals surface area contributed by atoms with Crippen LogP contribution < -0.4 is 5.32 Å². The van der Waals surface area contributed by atoms with Crippen molar-refractivity contribution in [2.75, 3.05) is 24.6 Å². The van der Waals surface area contributed by atoms with Gasteiger partial charge in [-0.3, -0.25) is 0 Å². The molecule has 0 fully saturated rings. The molecule has 0 rings (SSSR count). The summed E-state index contributed by atoms with van der Waals surface area (Å²) < 4.78 is 0. The Morgan fingerprint density at radius 3 is 2.75 bits per heavy atom. The zero-order valence-corrected chi connectivity index (χ0v) is 8.99. The first-order valence-corrected chi connectivity index (χ1v) is 5.93. The van der Waals surface area contributed by atoms with Crippen LogP contribution in [0.1, 0.15) is 26.7 Å². The van der Waals surface area contributed by atoms with Crippen LogP contribution >= 0.6 is 11.8 Å². The van der Waals surface area contributed by atoms with Gasteiger partial charge in [-0.15, -0.1) is 0 Å². The van der Waals surface area contributed by atoms with E-state index in [1.165, 1.54) is 17.9 Å². The van der Waals surface area contributed by atoms with Crippen LogP contribution in [0.25, 0.3) is 0 Å². The van der Waals surface area contributed by atoms with E-state index in [2.05, 4.69) is 12.2 Å². The van der Waals surface area contributed by atoms with Gasteiger partial charge in [0.15, 0.2) is 0 Å². The predicted octanol–water partition coefficient (Wildman–Crippen LogP) is 1.49. The van der Waals surface area contributed by atoms with E-state index in [-0.39, 0.29) is 6.10 Å². The second-order valence-corrected chi connectivity index (χ2v) is 4.21. The first kappa shape index (κ1) is 12.3. The van der Waals surface area contributed by atoms with Gasteiger partial charge in [0.05, 0.1) is 6.10 Å². The number of aliphatic hydroxyl groups is 1. The Balaban J connectivity index is 2.90. The number of nitrogens with one attached hydrogen (secondary N) is 1. The summed E-state index contributed by atoms with van der Waals surface area (Å²) in [5.74, 6) is 2.43. The summed E-state index contributed by atoms with van der Waals surface area (Å²) in [7, 11) is 0. The fourth-order valence-electron chi connectivity index (χ4n) is 0.857. The molecular formula is C9H21NOS. The molecule has 0 radical (unpaired) electrons. The Morgan fingerprint density at radius 2 is 2.17 bits per heavy atom. The van der Waals surface area contributed by atoms with Crippen molar-refractivity contribution in [2.24, 2.45) is 0 Å². The largest absolute Gasteiger partial charge is 0.392 e. The smallest absolute Gasteiger partial charge is 0.0662 e. The molecule has 1 atom stereocenters. The summed E-state index contributed by atoms with van der Waals surface area (Å²) in [6.07, 6.45) is 1.88. The normalized spacial score (nSPS) is 13.2. The maximum atomic E-state index is 9.19. The van der Waals surface area contributed by atoms with Crippen LogP contribution in [0.3, 0.4) is 0 Å². The molecule has 1 unspecified atom stereocenters. The second kappa shape index (κ2) is 9.36. The molecular weight excluding hydrogens is 170 g/mol. The molecule has 0 aromatic carbocycles. The van der Waals surface area contributed by atoms with Gasteiger partial charge < -0.3 is 10.4 Å². The lowest BCUT2D eigenvalue weighted by atomic mass is 10.3. The molecule has 0 spiro atoms. The number of rotatable bonds is 8. The Hall–Kier alpha value is 0.270. The molecule has 12 heavy (non-hydrogen) atoms. The topological polar surface area (TPSA) is 32.3 Å². The van der Waals surface area contributed by atoms with Gasteiger partial charge >= 0.3 is 0 Å². The van der Waals surface area contributed by atoms with E-state index in [9.17, 15) is 5.11 Å². The quantitative estimate of drug-likeness (QED) is 0.570. The summed E-state index contributed by atoms with van der Waals surface area (Å²) in [6, 6.07) is 0. The minimum Gasteiger partial charge on any atom is -0.392 e. The fourth-order valence-corrected chi connectivity index (χ4v) is 1.49. The van der Waals surface area contributed by atoms with E-state index in [0.29, 0.717) is 0 Å². The van der Waals surface area contributed by atoms with Gasteiger partial charge in [0.2, 0.25) is 0 Å². The number of aliphatic hydroxyl groups excluding tert-OH is 1. The molecule has 74 valence electrons. The van der Waals surface area contributed by atoms with E-state index in [1.54, 1.807) is 0 Å². The zero-order chi connectivity index (χ0) is 9.23. The maximum absolute atomic E-state index is 9.19. The Bertz CT molecular complexity index is 90.6. The minimum atomic E-state index is -0.163. The van der Waals surface area contributed by atoms with Gasteiger partial charge in [0.25, 0.3) is 0 Å². The third-order valence-electron chi connectivity index (χ3n) is 1.70. The lowest BCUT2D eigenvalue weighted by Gasteiger charge is -2.08. The van der Waals surface area contributed by atoms with Gasteiger partial charge in [-0.2, -0.15) is 11.8 Å². The lowest BCUT2D eigenvalue weighted by molar-refractivity contribution is 0.167. The van der Waals surface area contributed by atoms with Crippen LogP contribution in [-0.2, 0) is 0 Å². The van der Waals surface area contributed by atoms with Crippen molar-refractivity contribution in [1.29, 1.82) is 0 Å². The van der Waals surface area contributed by atoms with Crippen molar-refractivity contribution in [3.63, 3.8) is 0 Å². The van der Waals surface area contributed by atoms with Gasteiger partial charge in [-0.1, -0.05) is 13.8 Å². The molecule has 0 aliphatic carbocycles. The average molecular weight is 191 g/mol. The summed E-state index contributed by atoms with van der Waals surface area (Å²) >= 11 is 1.97. The summed E-state index contributed by atoms with van der Waals surface area (Å²) in [5, 5.41) is 12.4. The fraction of sp³-hybridized carbons (Fsp3) is 1.00. The maximum Gasteiger partial charge on any atom is 0.0662 e. The van der Waals surface area contributed by atoms with Gasteiger partial charge in [-0.05, 0) is 30.9 Å². The van der Waals surface area contributed by atoms with Crippen molar-refractivity contribution in [2.45, 2.75) is 32.8 Å². The molecule has 2 nitrogen and oxygen atoms in total. The molecule has 0 bridgehead atoms. The van der Waals surface area contributed by atoms with Crippen LogP contribution in [0.4, 0.5) is 0 Å². The lowest BCUT2D eigenvalue weighted by Crippen LogP contribution is -2.27. The van der Waals surface area contributed by atoms with Crippen LogP contribution in [0.2, 0.25) is 0 Å². The van der Waals surface area contributed by atoms with Crippen molar-refractivity contribution in [3.8, 4) is 0 Å². The highest BCUT2D eigenvalue weighted by Crippen LogP contribution is 1.99. The third-order valence-corrected chi connectivity index (χ3v) is 2.68. The summed E-state index contributed by atoms with van der Waals surface area (Å²) in [6.45, 7) is 5.95. The zero-order valence-electron chi connectivity index (χ0n) is 8.18. The number of hydrogen-bond donors (Lipinski definition) is 2. The van der Waals surface area contributed by atoms with E-state index in [1.807, 2.05) is 18.7 Å². The number of thioether (sulfide) groups is 1. The Labute approximate surface area is 80.1 Å². The van der Waals surface area contributed by atoms with Crippen LogP contribution in [-0.4, -0.2) is 35.8 Å². The van der Waals surface area contributed by atoms with E-state index < -0.39 is 0 Å². The Kier molecular flexibility index (Phi) is 9.57. The van der Waals surface area contributed by atoms with E-state index >= 15 is 0 Å². The van der Waals surface area contributed by atoms with E-state index in [4.69, 9.17) is 0 Å². The molecule has 0 aromatic heterocycles. The molecule has 0 saturated heterocycles. The third kappa shape index (κ3) is 8.37. The van der Waals surface area contributed by atoms with Crippen LogP contribution in [0, 0.1) is 0 Å². The van der Waals surface area contributed by atoms with Gasteiger partial charge in [-0.25, -0.2) is 0 Å². The average Bonchev–Trinajstić information content (AvgIpc) is 2.10. The van der Waals surface area contributed by atoms with Crippen molar-refractivity contribution in [1.82, 2.24) is 5.32 Å². The summed E-state index contributed by atoms with van der Waals surface area (Å²) in [5.41, 5.74) is 0. The van der Waals surface area contributed by atoms with Crippen LogP contribution in [0.15, 0.2) is 0 Å². The SMILES string of the molecule is CCSCCCNCC(O)CC. The molecule has 0 aliphatic rings. The highest BCUT2D eigenvalue weighted by Gasteiger charge is 1.97. The molecule has 0 heterocycles. The number of hydrogen-bond acceptors (Lipinski definition) is 3. The van der Waals surface area contributed by atoms with Gasteiger partial charge in [0.1, 0.15) is 0 Å². The van der Waals surface area contributed by atoms with Crippen molar-refractivity contribution >= 4 is 11.8 Å².